The van der Waals surface area contributed by atoms with E-state index in [9.17, 15) is 5.11 Å². The van der Waals surface area contributed by atoms with E-state index in [1.54, 1.807) is 19.2 Å². The molecular weight excluding hydrogens is 282 g/mol. The van der Waals surface area contributed by atoms with Crippen molar-refractivity contribution >= 4 is 16.9 Å². The topological polar surface area (TPSA) is 80.4 Å². The minimum atomic E-state index is -0.644. The van der Waals surface area contributed by atoms with Gasteiger partial charge in [-0.15, -0.1) is 0 Å². The molecule has 3 aromatic rings. The summed E-state index contributed by atoms with van der Waals surface area (Å²) in [5.74, 6) is 1.98. The number of nitrogens with one attached hydrogen (secondary N) is 1. The molecule has 114 valence electrons. The first-order chi connectivity index (χ1) is 10.7. The molecule has 0 saturated heterocycles. The molecule has 0 radical (unpaired) electrons. The highest BCUT2D eigenvalue weighted by molar-refractivity contribution is 5.74. The average molecular weight is 299 g/mol. The van der Waals surface area contributed by atoms with Gasteiger partial charge in [0.1, 0.15) is 29.8 Å². The first kappa shape index (κ1) is 14.3. The molecule has 0 bridgehead atoms. The summed E-state index contributed by atoms with van der Waals surface area (Å²) < 4.78 is 11.0. The highest BCUT2D eigenvalue weighted by Crippen LogP contribution is 2.21. The van der Waals surface area contributed by atoms with Crippen LogP contribution in [0.25, 0.3) is 11.1 Å². The summed E-state index contributed by atoms with van der Waals surface area (Å²) in [5.41, 5.74) is 1.47. The van der Waals surface area contributed by atoms with Crippen molar-refractivity contribution in [1.29, 1.82) is 0 Å². The highest BCUT2D eigenvalue weighted by Gasteiger charge is 2.08. The average Bonchev–Trinajstić information content (AvgIpc) is 2.91. The Morgan fingerprint density at radius 3 is 3.05 bits per heavy atom. The van der Waals surface area contributed by atoms with Crippen molar-refractivity contribution in [2.45, 2.75) is 13.0 Å². The monoisotopic (exact) mass is 299 g/mol. The molecule has 2 aromatic heterocycles. The van der Waals surface area contributed by atoms with Crippen LogP contribution in [0.15, 0.2) is 47.0 Å². The number of nitrogens with zero attached hydrogens (tertiary/aromatic N) is 2. The molecule has 0 spiro atoms. The summed E-state index contributed by atoms with van der Waals surface area (Å²) >= 11 is 0. The number of aryl methyl sites for hydroxylation is 1. The Hall–Kier alpha value is -2.60. The predicted octanol–water partition coefficient (Wildman–Crippen LogP) is 2.38. The van der Waals surface area contributed by atoms with Gasteiger partial charge in [-0.1, -0.05) is 6.07 Å². The fraction of sp³-hybridized carbons (Fsp3) is 0.250. The maximum Gasteiger partial charge on any atom is 0.192 e. The van der Waals surface area contributed by atoms with Crippen LogP contribution in [-0.2, 0) is 0 Å². The van der Waals surface area contributed by atoms with Crippen LogP contribution in [0.1, 0.15) is 5.89 Å². The molecule has 0 saturated carbocycles. The number of hydrogen-bond donors (Lipinski definition) is 2. The Bertz CT molecular complexity index is 743. The molecular formula is C16H17N3O3. The van der Waals surface area contributed by atoms with Crippen LogP contribution < -0.4 is 10.1 Å². The lowest BCUT2D eigenvalue weighted by Crippen LogP contribution is -2.26. The lowest BCUT2D eigenvalue weighted by atomic mass is 10.3. The second kappa shape index (κ2) is 6.44. The number of hydrogen-bond acceptors (Lipinski definition) is 6. The van der Waals surface area contributed by atoms with E-state index in [1.807, 2.05) is 30.3 Å². The number of aromatic nitrogens is 2. The Kier molecular flexibility index (Phi) is 4.20. The third-order valence-electron chi connectivity index (χ3n) is 3.09. The van der Waals surface area contributed by atoms with Gasteiger partial charge in [-0.25, -0.2) is 9.97 Å². The van der Waals surface area contributed by atoms with Gasteiger partial charge in [0.2, 0.25) is 0 Å². The number of fused-ring (bicyclic) bond motifs is 1. The molecule has 1 aromatic carbocycles. The molecule has 3 rings (SSSR count). The van der Waals surface area contributed by atoms with Gasteiger partial charge in [0, 0.05) is 25.7 Å². The second-order valence-electron chi connectivity index (χ2n) is 4.92. The van der Waals surface area contributed by atoms with Gasteiger partial charge >= 0.3 is 0 Å². The van der Waals surface area contributed by atoms with E-state index in [1.165, 1.54) is 0 Å². The molecule has 0 amide bonds. The molecule has 6 heteroatoms. The van der Waals surface area contributed by atoms with Crippen LogP contribution in [0.5, 0.6) is 5.75 Å². The van der Waals surface area contributed by atoms with E-state index in [4.69, 9.17) is 9.15 Å². The third-order valence-corrected chi connectivity index (χ3v) is 3.09. The van der Waals surface area contributed by atoms with Crippen molar-refractivity contribution in [3.63, 3.8) is 0 Å². The number of pyridine rings is 1. The number of oxazole rings is 1. The van der Waals surface area contributed by atoms with Gasteiger partial charge in [0.25, 0.3) is 0 Å². The van der Waals surface area contributed by atoms with Gasteiger partial charge in [-0.3, -0.25) is 0 Å². The van der Waals surface area contributed by atoms with Gasteiger partial charge in [-0.2, -0.15) is 0 Å². The minimum absolute atomic E-state index is 0.179. The maximum absolute atomic E-state index is 9.94. The molecule has 2 heterocycles. The lowest BCUT2D eigenvalue weighted by Gasteiger charge is -2.13. The van der Waals surface area contributed by atoms with Crippen LogP contribution >= 0.6 is 0 Å². The Morgan fingerprint density at radius 1 is 1.32 bits per heavy atom. The molecule has 0 aliphatic carbocycles. The quantitative estimate of drug-likeness (QED) is 0.727. The predicted molar refractivity (Wildman–Crippen MR) is 83.0 cm³/mol. The maximum atomic E-state index is 9.94. The van der Waals surface area contributed by atoms with E-state index in [0.29, 0.717) is 23.8 Å². The van der Waals surface area contributed by atoms with Crippen molar-refractivity contribution in [2.75, 3.05) is 18.5 Å². The Morgan fingerprint density at radius 2 is 2.23 bits per heavy atom. The summed E-state index contributed by atoms with van der Waals surface area (Å²) in [6.45, 7) is 2.34. The van der Waals surface area contributed by atoms with Crippen LogP contribution in [0, 0.1) is 6.92 Å². The van der Waals surface area contributed by atoms with Crippen molar-refractivity contribution < 1.29 is 14.3 Å². The zero-order valence-corrected chi connectivity index (χ0v) is 12.2. The van der Waals surface area contributed by atoms with Crippen LogP contribution in [0.3, 0.4) is 0 Å². The summed E-state index contributed by atoms with van der Waals surface area (Å²) in [6.07, 6.45) is 1.05. The highest BCUT2D eigenvalue weighted by atomic mass is 16.5. The molecule has 2 N–H and O–H groups in total. The zero-order valence-electron chi connectivity index (χ0n) is 12.2. The molecule has 0 fully saturated rings. The SMILES string of the molecule is Cc1nc2ccc(OCC(O)CNc3ccccn3)cc2o1. The standard InChI is InChI=1S/C16H17N3O3/c1-11-19-14-6-5-13(8-15(14)22-11)21-10-12(20)9-18-16-4-2-3-7-17-16/h2-8,12,20H,9-10H2,1H3,(H,17,18). The summed E-state index contributed by atoms with van der Waals surface area (Å²) in [5, 5.41) is 13.0. The van der Waals surface area contributed by atoms with E-state index in [2.05, 4.69) is 15.3 Å². The fourth-order valence-electron chi connectivity index (χ4n) is 2.05. The molecule has 0 aliphatic rings. The molecule has 1 atom stereocenters. The largest absolute Gasteiger partial charge is 0.491 e. The Balaban J connectivity index is 1.52. The normalized spacial score (nSPS) is 12.3. The van der Waals surface area contributed by atoms with Crippen LogP contribution in [0.2, 0.25) is 0 Å². The van der Waals surface area contributed by atoms with Crippen LogP contribution in [0.4, 0.5) is 5.82 Å². The van der Waals surface area contributed by atoms with Gasteiger partial charge in [-0.05, 0) is 24.3 Å². The third kappa shape index (κ3) is 3.53. The van der Waals surface area contributed by atoms with Crippen molar-refractivity contribution in [3.8, 4) is 5.75 Å². The summed E-state index contributed by atoms with van der Waals surface area (Å²) in [4.78, 5) is 8.35. The van der Waals surface area contributed by atoms with E-state index >= 15 is 0 Å². The fourth-order valence-corrected chi connectivity index (χ4v) is 2.05. The van der Waals surface area contributed by atoms with Crippen molar-refractivity contribution in [2.24, 2.45) is 0 Å². The first-order valence-electron chi connectivity index (χ1n) is 7.04. The molecule has 6 nitrogen and oxygen atoms in total. The van der Waals surface area contributed by atoms with Gasteiger partial charge in [0.15, 0.2) is 11.5 Å². The number of aliphatic hydroxyl groups is 1. The van der Waals surface area contributed by atoms with Crippen molar-refractivity contribution in [1.82, 2.24) is 9.97 Å². The van der Waals surface area contributed by atoms with E-state index < -0.39 is 6.10 Å². The van der Waals surface area contributed by atoms with E-state index in [0.717, 1.165) is 11.3 Å². The Labute approximate surface area is 127 Å². The lowest BCUT2D eigenvalue weighted by molar-refractivity contribution is 0.117. The van der Waals surface area contributed by atoms with Crippen LogP contribution in [-0.4, -0.2) is 34.3 Å². The zero-order chi connectivity index (χ0) is 15.4. The number of aliphatic hydroxyl groups excluding tert-OH is 1. The number of benzene rings is 1. The smallest absolute Gasteiger partial charge is 0.192 e. The molecule has 0 aliphatic heterocycles. The summed E-state index contributed by atoms with van der Waals surface area (Å²) in [6, 6.07) is 11.0. The number of rotatable bonds is 6. The first-order valence-corrected chi connectivity index (χ1v) is 7.04. The molecule has 1 unspecified atom stereocenters. The number of ether oxygens (including phenoxy) is 1. The minimum Gasteiger partial charge on any atom is -0.491 e. The second-order valence-corrected chi connectivity index (χ2v) is 4.92. The summed E-state index contributed by atoms with van der Waals surface area (Å²) in [7, 11) is 0. The van der Waals surface area contributed by atoms with Gasteiger partial charge < -0.3 is 19.6 Å². The van der Waals surface area contributed by atoms with E-state index in [-0.39, 0.29) is 6.61 Å². The van der Waals surface area contributed by atoms with Gasteiger partial charge in [0.05, 0.1) is 0 Å². The number of anilines is 1. The van der Waals surface area contributed by atoms with Crippen molar-refractivity contribution in [3.05, 3.63) is 48.5 Å². The molecule has 22 heavy (non-hydrogen) atoms.